The number of halogens is 3. The molecule has 2 aromatic heterocycles. The van der Waals surface area contributed by atoms with Gasteiger partial charge >= 0.3 is 11.1 Å². The topological polar surface area (TPSA) is 140 Å². The van der Waals surface area contributed by atoms with Crippen LogP contribution >= 0.6 is 11.6 Å². The maximum Gasteiger partial charge on any atom is 0.316 e. The highest BCUT2D eigenvalue weighted by Crippen LogP contribution is 2.34. The van der Waals surface area contributed by atoms with Gasteiger partial charge in [-0.2, -0.15) is 4.98 Å². The lowest BCUT2D eigenvalue weighted by atomic mass is 9.92. The summed E-state index contributed by atoms with van der Waals surface area (Å²) < 4.78 is 30.9. The molecule has 1 aliphatic heterocycles. The van der Waals surface area contributed by atoms with E-state index >= 15 is 0 Å². The number of carbonyl (C=O) groups is 1. The molecule has 0 aliphatic carbocycles. The SMILES string of the molecule is CNC(=O)CCn1c(=O)c(=O)n(C)c2ccc(Nc3nc(N4C[C@@H](C)C(F)(F)[C@@H](N)C4)ncc3Cl)cc21. The van der Waals surface area contributed by atoms with Gasteiger partial charge in [0, 0.05) is 51.8 Å². The lowest BCUT2D eigenvalue weighted by Crippen LogP contribution is -2.60. The van der Waals surface area contributed by atoms with Crippen LogP contribution in [0.15, 0.2) is 34.0 Å². The minimum absolute atomic E-state index is 0.00495. The minimum Gasteiger partial charge on any atom is -0.359 e. The molecule has 11 nitrogen and oxygen atoms in total. The molecule has 198 valence electrons. The molecule has 1 fully saturated rings. The number of piperidine rings is 1. The van der Waals surface area contributed by atoms with Gasteiger partial charge < -0.3 is 30.4 Å². The zero-order valence-electron chi connectivity index (χ0n) is 20.5. The van der Waals surface area contributed by atoms with Crippen LogP contribution in [0.4, 0.5) is 26.2 Å². The van der Waals surface area contributed by atoms with Crippen molar-refractivity contribution in [2.24, 2.45) is 18.7 Å². The number of hydrogen-bond donors (Lipinski definition) is 3. The molecular weight excluding hydrogens is 510 g/mol. The molecule has 1 saturated heterocycles. The zero-order chi connectivity index (χ0) is 27.1. The molecule has 0 radical (unpaired) electrons. The first kappa shape index (κ1) is 26.5. The third-order valence-corrected chi connectivity index (χ3v) is 6.82. The molecular formula is C23H27ClF2N8O3. The van der Waals surface area contributed by atoms with Crippen molar-refractivity contribution < 1.29 is 13.6 Å². The van der Waals surface area contributed by atoms with Gasteiger partial charge in [-0.1, -0.05) is 18.5 Å². The maximum atomic E-state index is 14.2. The number of fused-ring (bicyclic) bond motifs is 1. The Kier molecular flexibility index (Phi) is 7.20. The Labute approximate surface area is 215 Å². The zero-order valence-corrected chi connectivity index (χ0v) is 21.2. The predicted octanol–water partition coefficient (Wildman–Crippen LogP) is 1.44. The highest BCUT2D eigenvalue weighted by molar-refractivity contribution is 6.32. The van der Waals surface area contributed by atoms with Crippen LogP contribution in [0, 0.1) is 5.92 Å². The molecule has 0 bridgehead atoms. The molecule has 3 aromatic rings. The van der Waals surface area contributed by atoms with Crippen molar-refractivity contribution in [3.63, 3.8) is 0 Å². The summed E-state index contributed by atoms with van der Waals surface area (Å²) in [6.45, 7) is 1.32. The van der Waals surface area contributed by atoms with E-state index in [1.54, 1.807) is 23.1 Å². The number of nitrogens with zero attached hydrogens (tertiary/aromatic N) is 5. The van der Waals surface area contributed by atoms with Crippen LogP contribution in [0.1, 0.15) is 13.3 Å². The highest BCUT2D eigenvalue weighted by Gasteiger charge is 2.48. The molecule has 14 heteroatoms. The number of aryl methyl sites for hydroxylation is 2. The van der Waals surface area contributed by atoms with Gasteiger partial charge in [-0.25, -0.2) is 13.8 Å². The van der Waals surface area contributed by atoms with Crippen molar-refractivity contribution in [3.05, 3.63) is 50.1 Å². The fourth-order valence-corrected chi connectivity index (χ4v) is 4.43. The van der Waals surface area contributed by atoms with E-state index in [9.17, 15) is 23.2 Å². The molecule has 1 aromatic carbocycles. The Morgan fingerprint density at radius 2 is 1.97 bits per heavy atom. The molecule has 4 rings (SSSR count). The number of hydrogen-bond acceptors (Lipinski definition) is 8. The Morgan fingerprint density at radius 3 is 2.65 bits per heavy atom. The van der Waals surface area contributed by atoms with Crippen molar-refractivity contribution in [2.75, 3.05) is 30.4 Å². The van der Waals surface area contributed by atoms with E-state index in [2.05, 4.69) is 20.6 Å². The van der Waals surface area contributed by atoms with Gasteiger partial charge in [-0.15, -0.1) is 0 Å². The molecule has 1 amide bonds. The smallest absolute Gasteiger partial charge is 0.316 e. The number of amides is 1. The van der Waals surface area contributed by atoms with Crippen molar-refractivity contribution in [1.82, 2.24) is 24.4 Å². The molecule has 3 heterocycles. The Balaban J connectivity index is 1.69. The van der Waals surface area contributed by atoms with Gasteiger partial charge in [0.2, 0.25) is 11.9 Å². The first-order chi connectivity index (χ1) is 17.4. The molecule has 0 unspecified atom stereocenters. The second-order valence-corrected chi connectivity index (χ2v) is 9.43. The van der Waals surface area contributed by atoms with E-state index in [1.807, 2.05) is 0 Å². The Morgan fingerprint density at radius 1 is 1.24 bits per heavy atom. The number of rotatable bonds is 6. The van der Waals surface area contributed by atoms with Crippen LogP contribution in [0.2, 0.25) is 5.02 Å². The van der Waals surface area contributed by atoms with Gasteiger partial charge in [-0.05, 0) is 18.2 Å². The van der Waals surface area contributed by atoms with Crippen LogP contribution in [0.5, 0.6) is 0 Å². The highest BCUT2D eigenvalue weighted by atomic mass is 35.5. The molecule has 0 spiro atoms. The molecule has 0 saturated carbocycles. The predicted molar refractivity (Wildman–Crippen MR) is 137 cm³/mol. The van der Waals surface area contributed by atoms with Crippen molar-refractivity contribution in [3.8, 4) is 0 Å². The Hall–Kier alpha value is -3.58. The largest absolute Gasteiger partial charge is 0.359 e. The van der Waals surface area contributed by atoms with Crippen molar-refractivity contribution in [2.45, 2.75) is 31.9 Å². The van der Waals surface area contributed by atoms with E-state index in [0.717, 1.165) is 0 Å². The lowest BCUT2D eigenvalue weighted by molar-refractivity contribution is -0.120. The lowest BCUT2D eigenvalue weighted by Gasteiger charge is -2.40. The first-order valence-electron chi connectivity index (χ1n) is 11.6. The van der Waals surface area contributed by atoms with Crippen LogP contribution in [0.25, 0.3) is 11.0 Å². The van der Waals surface area contributed by atoms with Crippen LogP contribution in [0.3, 0.4) is 0 Å². The molecule has 37 heavy (non-hydrogen) atoms. The number of benzene rings is 1. The minimum atomic E-state index is -3.00. The first-order valence-corrected chi connectivity index (χ1v) is 11.9. The van der Waals surface area contributed by atoms with Crippen molar-refractivity contribution in [1.29, 1.82) is 0 Å². The number of carbonyl (C=O) groups excluding carboxylic acids is 1. The molecule has 4 N–H and O–H groups in total. The number of aromatic nitrogens is 4. The fourth-order valence-electron chi connectivity index (χ4n) is 4.29. The van der Waals surface area contributed by atoms with Gasteiger partial charge in [0.25, 0.3) is 5.92 Å². The summed E-state index contributed by atoms with van der Waals surface area (Å²) in [6, 6.07) is 3.59. The van der Waals surface area contributed by atoms with E-state index in [1.165, 1.54) is 36.4 Å². The van der Waals surface area contributed by atoms with Gasteiger partial charge in [-0.3, -0.25) is 14.4 Å². The monoisotopic (exact) mass is 536 g/mol. The average Bonchev–Trinajstić information content (AvgIpc) is 2.87. The van der Waals surface area contributed by atoms with E-state index < -0.39 is 29.0 Å². The number of anilines is 3. The summed E-state index contributed by atoms with van der Waals surface area (Å²) in [5, 5.41) is 5.74. The second kappa shape index (κ2) is 10.1. The maximum absolute atomic E-state index is 14.2. The van der Waals surface area contributed by atoms with E-state index in [-0.39, 0.29) is 48.8 Å². The average molecular weight is 537 g/mol. The van der Waals surface area contributed by atoms with E-state index in [4.69, 9.17) is 17.3 Å². The van der Waals surface area contributed by atoms with Crippen molar-refractivity contribution >= 4 is 46.0 Å². The summed E-state index contributed by atoms with van der Waals surface area (Å²) in [5.74, 6) is -3.86. The van der Waals surface area contributed by atoms with Crippen LogP contribution in [-0.2, 0) is 18.4 Å². The number of nitrogens with two attached hydrogens (primary N) is 1. The fraction of sp³-hybridized carbons (Fsp3) is 0.435. The van der Waals surface area contributed by atoms with Gasteiger partial charge in [0.15, 0.2) is 5.82 Å². The third kappa shape index (κ3) is 5.01. The number of nitrogens with one attached hydrogen (secondary N) is 2. The summed E-state index contributed by atoms with van der Waals surface area (Å²) in [6.07, 6.45) is 1.37. The van der Waals surface area contributed by atoms with Gasteiger partial charge in [0.1, 0.15) is 5.02 Å². The third-order valence-electron chi connectivity index (χ3n) is 6.54. The Bertz CT molecular complexity index is 1460. The quantitative estimate of drug-likeness (QED) is 0.402. The molecule has 2 atom stereocenters. The second-order valence-electron chi connectivity index (χ2n) is 9.03. The summed E-state index contributed by atoms with van der Waals surface area (Å²) >= 11 is 6.31. The standard InChI is InChI=1S/C23H27ClF2N8O3/c1-12-10-33(11-17(27)23(12,25)26)22-29-9-14(24)19(31-22)30-13-4-5-15-16(8-13)34(7-6-18(35)28-2)21(37)20(36)32(15)3/h4-5,8-9,12,17H,6-7,10-11,27H2,1-3H3,(H,28,35)(H,29,30,31)/t12-,17+/m1/s1. The molecule has 1 aliphatic rings. The van der Waals surface area contributed by atoms with Crippen LogP contribution in [-0.4, -0.2) is 57.1 Å². The summed E-state index contributed by atoms with van der Waals surface area (Å²) in [7, 11) is 2.97. The van der Waals surface area contributed by atoms with Crippen LogP contribution < -0.4 is 32.4 Å². The summed E-state index contributed by atoms with van der Waals surface area (Å²) in [4.78, 5) is 47.1. The normalized spacial score (nSPS) is 19.2. The van der Waals surface area contributed by atoms with Gasteiger partial charge in [0.05, 0.1) is 23.3 Å². The van der Waals surface area contributed by atoms with E-state index in [0.29, 0.717) is 16.7 Å². The number of alkyl halides is 2. The summed E-state index contributed by atoms with van der Waals surface area (Å²) in [5.41, 5.74) is 5.63.